The molecule has 0 aliphatic heterocycles. The van der Waals surface area contributed by atoms with Crippen LogP contribution in [0.2, 0.25) is 0 Å². The number of benzene rings is 1. The molecule has 15 heavy (non-hydrogen) atoms. The lowest BCUT2D eigenvalue weighted by atomic mass is 10.1. The van der Waals surface area contributed by atoms with Crippen molar-refractivity contribution in [1.82, 2.24) is 0 Å². The van der Waals surface area contributed by atoms with Crippen molar-refractivity contribution in [2.75, 3.05) is 7.11 Å². The first-order valence-corrected chi connectivity index (χ1v) is 4.44. The molecule has 0 aromatic heterocycles. The van der Waals surface area contributed by atoms with Gasteiger partial charge in [-0.3, -0.25) is 4.79 Å². The number of ether oxygens (including phenoxy) is 1. The highest BCUT2D eigenvalue weighted by atomic mass is 16.5. The van der Waals surface area contributed by atoms with Gasteiger partial charge in [0.05, 0.1) is 7.11 Å². The maximum atomic E-state index is 10.5. The molecule has 0 amide bonds. The van der Waals surface area contributed by atoms with Crippen LogP contribution in [0.15, 0.2) is 30.3 Å². The maximum Gasteiger partial charge on any atom is 0.324 e. The molecule has 0 saturated carbocycles. The van der Waals surface area contributed by atoms with E-state index in [9.17, 15) is 4.79 Å². The summed E-state index contributed by atoms with van der Waals surface area (Å²) >= 11 is 0. The molecule has 1 aromatic rings. The van der Waals surface area contributed by atoms with E-state index in [2.05, 4.69) is 0 Å². The highest BCUT2D eigenvalue weighted by molar-refractivity contribution is 5.77. The number of carboxylic acids is 1. The third kappa shape index (κ3) is 3.11. The fourth-order valence-electron chi connectivity index (χ4n) is 1.09. The Labute approximate surface area is 88.0 Å². The van der Waals surface area contributed by atoms with Gasteiger partial charge in [-0.05, 0) is 6.07 Å². The summed E-state index contributed by atoms with van der Waals surface area (Å²) in [6, 6.07) is 6.31. The molecule has 0 aliphatic rings. The van der Waals surface area contributed by atoms with Crippen molar-refractivity contribution >= 4 is 12.0 Å². The number of nitrogens with two attached hydrogens (primary N) is 1. The summed E-state index contributed by atoms with van der Waals surface area (Å²) in [6.45, 7) is 0. The van der Waals surface area contributed by atoms with Gasteiger partial charge >= 0.3 is 5.97 Å². The van der Waals surface area contributed by atoms with Crippen LogP contribution in [-0.2, 0) is 4.79 Å². The van der Waals surface area contributed by atoms with Gasteiger partial charge in [0.25, 0.3) is 0 Å². The third-order valence-corrected chi connectivity index (χ3v) is 1.91. The van der Waals surface area contributed by atoms with Crippen LogP contribution in [0.5, 0.6) is 5.75 Å². The summed E-state index contributed by atoms with van der Waals surface area (Å²) in [5.74, 6) is -0.368. The summed E-state index contributed by atoms with van der Waals surface area (Å²) in [5.41, 5.74) is 6.13. The van der Waals surface area contributed by atoms with E-state index in [0.29, 0.717) is 5.75 Å². The van der Waals surface area contributed by atoms with E-state index in [1.807, 2.05) is 18.2 Å². The summed E-state index contributed by atoms with van der Waals surface area (Å²) in [5, 5.41) is 8.58. The molecule has 4 nitrogen and oxygen atoms in total. The zero-order valence-electron chi connectivity index (χ0n) is 8.38. The summed E-state index contributed by atoms with van der Waals surface area (Å²) in [4.78, 5) is 10.5. The minimum Gasteiger partial charge on any atom is -0.496 e. The second kappa shape index (κ2) is 5.17. The third-order valence-electron chi connectivity index (χ3n) is 1.91. The van der Waals surface area contributed by atoms with Crippen molar-refractivity contribution in [3.63, 3.8) is 0 Å². The largest absolute Gasteiger partial charge is 0.496 e. The summed E-state index contributed by atoms with van der Waals surface area (Å²) < 4.78 is 5.10. The normalized spacial score (nSPS) is 12.7. The lowest BCUT2D eigenvalue weighted by Gasteiger charge is -2.04. The predicted molar refractivity (Wildman–Crippen MR) is 57.6 cm³/mol. The van der Waals surface area contributed by atoms with Gasteiger partial charge in [-0.15, -0.1) is 0 Å². The lowest BCUT2D eigenvalue weighted by molar-refractivity contribution is -0.137. The molecule has 0 heterocycles. The Morgan fingerprint density at radius 3 is 2.80 bits per heavy atom. The molecule has 1 rings (SSSR count). The zero-order chi connectivity index (χ0) is 11.3. The molecular weight excluding hydrogens is 194 g/mol. The number of methoxy groups -OCH3 is 1. The Balaban J connectivity index is 2.84. The average molecular weight is 207 g/mol. The lowest BCUT2D eigenvalue weighted by Crippen LogP contribution is -2.27. The van der Waals surface area contributed by atoms with Crippen molar-refractivity contribution in [3.8, 4) is 5.75 Å². The maximum absolute atomic E-state index is 10.5. The molecule has 0 bridgehead atoms. The molecule has 3 N–H and O–H groups in total. The second-order valence-electron chi connectivity index (χ2n) is 2.97. The Kier molecular flexibility index (Phi) is 3.88. The molecule has 0 fully saturated rings. The monoisotopic (exact) mass is 207 g/mol. The predicted octanol–water partition coefficient (Wildman–Crippen LogP) is 1.12. The Bertz CT molecular complexity index is 374. The summed E-state index contributed by atoms with van der Waals surface area (Å²) in [7, 11) is 1.56. The van der Waals surface area contributed by atoms with E-state index in [4.69, 9.17) is 15.6 Å². The van der Waals surface area contributed by atoms with E-state index in [0.717, 1.165) is 5.56 Å². The molecule has 0 saturated heterocycles. The minimum atomic E-state index is -1.05. The van der Waals surface area contributed by atoms with Crippen molar-refractivity contribution in [3.05, 3.63) is 35.9 Å². The van der Waals surface area contributed by atoms with Gasteiger partial charge in [-0.2, -0.15) is 0 Å². The Morgan fingerprint density at radius 1 is 1.53 bits per heavy atom. The smallest absolute Gasteiger partial charge is 0.324 e. The van der Waals surface area contributed by atoms with E-state index in [1.165, 1.54) is 6.08 Å². The van der Waals surface area contributed by atoms with Crippen LogP contribution in [0.25, 0.3) is 6.08 Å². The first-order chi connectivity index (χ1) is 7.15. The van der Waals surface area contributed by atoms with Gasteiger partial charge in [-0.1, -0.05) is 30.4 Å². The van der Waals surface area contributed by atoms with Crippen molar-refractivity contribution in [2.45, 2.75) is 6.04 Å². The minimum absolute atomic E-state index is 0.686. The number of aliphatic carboxylic acids is 1. The molecule has 0 aliphatic carbocycles. The molecule has 0 radical (unpaired) electrons. The average Bonchev–Trinajstić information content (AvgIpc) is 2.26. The number of carbonyl (C=O) groups is 1. The number of para-hydroxylation sites is 1. The molecule has 0 spiro atoms. The van der Waals surface area contributed by atoms with Crippen molar-refractivity contribution in [2.24, 2.45) is 5.73 Å². The van der Waals surface area contributed by atoms with E-state index < -0.39 is 12.0 Å². The fourth-order valence-corrected chi connectivity index (χ4v) is 1.09. The van der Waals surface area contributed by atoms with Gasteiger partial charge < -0.3 is 15.6 Å². The van der Waals surface area contributed by atoms with E-state index in [-0.39, 0.29) is 0 Å². The Hall–Kier alpha value is -1.81. The zero-order valence-corrected chi connectivity index (χ0v) is 8.38. The van der Waals surface area contributed by atoms with Crippen LogP contribution in [-0.4, -0.2) is 24.2 Å². The van der Waals surface area contributed by atoms with Gasteiger partial charge in [0.2, 0.25) is 0 Å². The first kappa shape index (κ1) is 11.3. The van der Waals surface area contributed by atoms with E-state index in [1.54, 1.807) is 19.3 Å². The second-order valence-corrected chi connectivity index (χ2v) is 2.97. The van der Waals surface area contributed by atoms with Crippen LogP contribution in [0, 0.1) is 0 Å². The highest BCUT2D eigenvalue weighted by Crippen LogP contribution is 2.18. The van der Waals surface area contributed by atoms with Crippen molar-refractivity contribution < 1.29 is 14.6 Å². The Morgan fingerprint density at radius 2 is 2.20 bits per heavy atom. The van der Waals surface area contributed by atoms with Crippen LogP contribution in [0.4, 0.5) is 0 Å². The van der Waals surface area contributed by atoms with Crippen LogP contribution < -0.4 is 10.5 Å². The summed E-state index contributed by atoms with van der Waals surface area (Å²) in [6.07, 6.45) is 3.05. The van der Waals surface area contributed by atoms with Crippen LogP contribution >= 0.6 is 0 Å². The van der Waals surface area contributed by atoms with Crippen LogP contribution in [0.3, 0.4) is 0 Å². The van der Waals surface area contributed by atoms with Gasteiger partial charge in [-0.25, -0.2) is 0 Å². The van der Waals surface area contributed by atoms with Gasteiger partial charge in [0, 0.05) is 5.56 Å². The molecular formula is C11H13NO3. The fraction of sp³-hybridized carbons (Fsp3) is 0.182. The number of hydrogen-bond acceptors (Lipinski definition) is 3. The topological polar surface area (TPSA) is 72.5 Å². The first-order valence-electron chi connectivity index (χ1n) is 4.44. The molecule has 4 heteroatoms. The van der Waals surface area contributed by atoms with Gasteiger partial charge in [0.15, 0.2) is 0 Å². The number of carboxylic acid groups (broad SMARTS) is 1. The SMILES string of the molecule is COc1ccccc1/C=C/[C@H](N)C(=O)O. The van der Waals surface area contributed by atoms with Crippen molar-refractivity contribution in [1.29, 1.82) is 0 Å². The molecule has 80 valence electrons. The molecule has 1 aromatic carbocycles. The molecule has 0 unspecified atom stereocenters. The van der Waals surface area contributed by atoms with Crippen LogP contribution in [0.1, 0.15) is 5.56 Å². The highest BCUT2D eigenvalue weighted by Gasteiger charge is 2.06. The quantitative estimate of drug-likeness (QED) is 0.776. The standard InChI is InChI=1S/C11H13NO3/c1-15-10-5-3-2-4-8(10)6-7-9(12)11(13)14/h2-7,9H,12H2,1H3,(H,13,14)/b7-6+/t9-/m0/s1. The van der Waals surface area contributed by atoms with Gasteiger partial charge in [0.1, 0.15) is 11.8 Å². The number of hydrogen-bond donors (Lipinski definition) is 2. The van der Waals surface area contributed by atoms with E-state index >= 15 is 0 Å². The number of rotatable bonds is 4. The molecule has 1 atom stereocenters.